The fourth-order valence-corrected chi connectivity index (χ4v) is 1.72. The molecule has 0 fully saturated rings. The molecule has 0 aliphatic carbocycles. The summed E-state index contributed by atoms with van der Waals surface area (Å²) in [5.41, 5.74) is 0.715. The molecule has 0 aliphatic rings. The van der Waals surface area contributed by atoms with Gasteiger partial charge in [0.05, 0.1) is 10.6 Å². The van der Waals surface area contributed by atoms with E-state index >= 15 is 0 Å². The third kappa shape index (κ3) is 2.51. The first-order valence-corrected chi connectivity index (χ1v) is 5.86. The second-order valence-corrected chi connectivity index (χ2v) is 3.94. The second-order valence-electron chi connectivity index (χ2n) is 3.94. The van der Waals surface area contributed by atoms with E-state index in [0.717, 1.165) is 6.42 Å². The Morgan fingerprint density at radius 1 is 1.47 bits per heavy atom. The molecule has 8 heteroatoms. The van der Waals surface area contributed by atoms with Crippen LogP contribution >= 0.6 is 0 Å². The minimum atomic E-state index is -0.472. The van der Waals surface area contributed by atoms with Crippen LogP contribution in [-0.4, -0.2) is 31.2 Å². The summed E-state index contributed by atoms with van der Waals surface area (Å²) in [6, 6.07) is 1.68. The van der Waals surface area contributed by atoms with Crippen LogP contribution in [0.15, 0.2) is 18.6 Å². The van der Waals surface area contributed by atoms with Crippen molar-refractivity contribution in [3.05, 3.63) is 28.7 Å². The Labute approximate surface area is 109 Å². The molecule has 2 aromatic heterocycles. The maximum absolute atomic E-state index is 11.3. The van der Waals surface area contributed by atoms with Crippen LogP contribution in [0.2, 0.25) is 0 Å². The second kappa shape index (κ2) is 5.42. The third-order valence-corrected chi connectivity index (χ3v) is 2.61. The number of hydrogen-bond donors (Lipinski definition) is 1. The van der Waals surface area contributed by atoms with Crippen LogP contribution in [0.3, 0.4) is 0 Å². The molecule has 2 aromatic rings. The number of aryl methyl sites for hydroxylation is 1. The topological polar surface area (TPSA) is 98.8 Å². The first-order chi connectivity index (χ1) is 9.15. The van der Waals surface area contributed by atoms with Gasteiger partial charge in [0.25, 0.3) is 0 Å². The van der Waals surface area contributed by atoms with E-state index in [-0.39, 0.29) is 17.2 Å². The van der Waals surface area contributed by atoms with Crippen LogP contribution < -0.4 is 5.32 Å². The monoisotopic (exact) mass is 262 g/mol. The fraction of sp³-hybridized carbons (Fsp3) is 0.364. The quantitative estimate of drug-likeness (QED) is 0.649. The lowest BCUT2D eigenvalue weighted by Crippen LogP contribution is -2.08. The molecule has 0 amide bonds. The fourth-order valence-electron chi connectivity index (χ4n) is 1.72. The summed E-state index contributed by atoms with van der Waals surface area (Å²) in [4.78, 5) is 18.8. The minimum absolute atomic E-state index is 0.125. The Kier molecular flexibility index (Phi) is 3.69. The number of aromatic nitrogens is 4. The van der Waals surface area contributed by atoms with Crippen molar-refractivity contribution in [2.24, 2.45) is 7.05 Å². The lowest BCUT2D eigenvalue weighted by atomic mass is 10.2. The van der Waals surface area contributed by atoms with Crippen LogP contribution in [0.25, 0.3) is 11.4 Å². The molecule has 0 bridgehead atoms. The summed E-state index contributed by atoms with van der Waals surface area (Å²) in [5.74, 6) is 0.234. The van der Waals surface area contributed by atoms with Gasteiger partial charge in [0.2, 0.25) is 5.82 Å². The zero-order valence-electron chi connectivity index (χ0n) is 10.7. The molecule has 0 aliphatic heterocycles. The minimum Gasteiger partial charge on any atom is -0.364 e. The Balaban J connectivity index is 2.55. The zero-order valence-corrected chi connectivity index (χ0v) is 10.7. The van der Waals surface area contributed by atoms with E-state index in [9.17, 15) is 10.1 Å². The van der Waals surface area contributed by atoms with Crippen molar-refractivity contribution < 1.29 is 4.92 Å². The summed E-state index contributed by atoms with van der Waals surface area (Å²) in [6.45, 7) is 2.59. The molecule has 2 heterocycles. The predicted molar refractivity (Wildman–Crippen MR) is 69.7 cm³/mol. The number of hydrogen-bond acceptors (Lipinski definition) is 6. The van der Waals surface area contributed by atoms with E-state index in [4.69, 9.17) is 0 Å². The van der Waals surface area contributed by atoms with E-state index in [1.54, 1.807) is 24.0 Å². The molecule has 0 saturated carbocycles. The van der Waals surface area contributed by atoms with Gasteiger partial charge in [-0.05, 0) is 12.5 Å². The number of anilines is 1. The first-order valence-electron chi connectivity index (χ1n) is 5.86. The van der Waals surface area contributed by atoms with Crippen molar-refractivity contribution in [2.45, 2.75) is 13.3 Å². The lowest BCUT2D eigenvalue weighted by Gasteiger charge is -2.07. The van der Waals surface area contributed by atoms with Crippen LogP contribution in [0, 0.1) is 10.1 Å². The molecular weight excluding hydrogens is 248 g/mol. The lowest BCUT2D eigenvalue weighted by molar-refractivity contribution is -0.383. The van der Waals surface area contributed by atoms with E-state index in [2.05, 4.69) is 20.4 Å². The van der Waals surface area contributed by atoms with Crippen molar-refractivity contribution in [3.8, 4) is 11.4 Å². The molecular formula is C11H14N6O2. The summed E-state index contributed by atoms with van der Waals surface area (Å²) >= 11 is 0. The van der Waals surface area contributed by atoms with Gasteiger partial charge in [-0.1, -0.05) is 6.92 Å². The Hall–Kier alpha value is -2.51. The maximum atomic E-state index is 11.3. The molecule has 2 rings (SSSR count). The molecule has 8 nitrogen and oxygen atoms in total. The average Bonchev–Trinajstić information content (AvgIpc) is 2.81. The van der Waals surface area contributed by atoms with Crippen LogP contribution in [0.1, 0.15) is 13.3 Å². The number of nitro groups is 1. The molecule has 100 valence electrons. The Morgan fingerprint density at radius 2 is 2.26 bits per heavy atom. The molecule has 0 spiro atoms. The normalized spacial score (nSPS) is 10.4. The molecule has 0 unspecified atom stereocenters. The smallest absolute Gasteiger partial charge is 0.338 e. The Morgan fingerprint density at radius 3 is 2.84 bits per heavy atom. The van der Waals surface area contributed by atoms with Crippen molar-refractivity contribution in [1.82, 2.24) is 19.7 Å². The van der Waals surface area contributed by atoms with Crippen molar-refractivity contribution in [1.29, 1.82) is 0 Å². The number of rotatable bonds is 5. The maximum Gasteiger partial charge on any atom is 0.338 e. The largest absolute Gasteiger partial charge is 0.364 e. The van der Waals surface area contributed by atoms with Gasteiger partial charge in [0.1, 0.15) is 6.33 Å². The standard InChI is InChI=1S/C11H14N6O2/c1-3-5-12-11-10(17(18)19)9(13-7-14-11)8-4-6-15-16(8)2/h4,6-7H,3,5H2,1-2H3,(H,12,13,14). The van der Waals surface area contributed by atoms with Gasteiger partial charge in [-0.2, -0.15) is 5.10 Å². The van der Waals surface area contributed by atoms with E-state index in [0.29, 0.717) is 12.2 Å². The van der Waals surface area contributed by atoms with Gasteiger partial charge in [-0.3, -0.25) is 14.8 Å². The molecule has 0 aromatic carbocycles. The van der Waals surface area contributed by atoms with Crippen LogP contribution in [-0.2, 0) is 7.05 Å². The highest BCUT2D eigenvalue weighted by Crippen LogP contribution is 2.32. The highest BCUT2D eigenvalue weighted by Gasteiger charge is 2.25. The predicted octanol–water partition coefficient (Wildman–Crippen LogP) is 1.61. The zero-order chi connectivity index (χ0) is 13.8. The number of nitrogens with one attached hydrogen (secondary N) is 1. The first kappa shape index (κ1) is 12.9. The third-order valence-electron chi connectivity index (χ3n) is 2.61. The van der Waals surface area contributed by atoms with Gasteiger partial charge in [0.15, 0.2) is 5.69 Å². The summed E-state index contributed by atoms with van der Waals surface area (Å²) in [5, 5.41) is 18.2. The van der Waals surface area contributed by atoms with Gasteiger partial charge >= 0.3 is 5.69 Å². The van der Waals surface area contributed by atoms with Crippen molar-refractivity contribution >= 4 is 11.5 Å². The van der Waals surface area contributed by atoms with Crippen LogP contribution in [0.5, 0.6) is 0 Å². The van der Waals surface area contributed by atoms with Crippen molar-refractivity contribution in [3.63, 3.8) is 0 Å². The van der Waals surface area contributed by atoms with Crippen LogP contribution in [0.4, 0.5) is 11.5 Å². The number of nitrogens with zero attached hydrogens (tertiary/aromatic N) is 5. The molecule has 0 radical (unpaired) electrons. The summed E-state index contributed by atoms with van der Waals surface area (Å²) in [6.07, 6.45) is 3.73. The van der Waals surface area contributed by atoms with E-state index in [1.165, 1.54) is 6.33 Å². The molecule has 1 N–H and O–H groups in total. The van der Waals surface area contributed by atoms with Gasteiger partial charge in [-0.15, -0.1) is 0 Å². The van der Waals surface area contributed by atoms with E-state index < -0.39 is 4.92 Å². The molecule has 0 saturated heterocycles. The van der Waals surface area contributed by atoms with Gasteiger partial charge in [-0.25, -0.2) is 9.97 Å². The van der Waals surface area contributed by atoms with Gasteiger partial charge < -0.3 is 5.32 Å². The highest BCUT2D eigenvalue weighted by molar-refractivity contribution is 5.74. The van der Waals surface area contributed by atoms with Gasteiger partial charge in [0, 0.05) is 19.8 Å². The SMILES string of the molecule is CCCNc1ncnc(-c2ccnn2C)c1[N+](=O)[O-]. The summed E-state index contributed by atoms with van der Waals surface area (Å²) in [7, 11) is 1.71. The Bertz CT molecular complexity index is 595. The summed E-state index contributed by atoms with van der Waals surface area (Å²) < 4.78 is 1.54. The average molecular weight is 262 g/mol. The van der Waals surface area contributed by atoms with Crippen molar-refractivity contribution in [2.75, 3.05) is 11.9 Å². The highest BCUT2D eigenvalue weighted by atomic mass is 16.6. The van der Waals surface area contributed by atoms with E-state index in [1.807, 2.05) is 6.92 Å². The molecule has 0 atom stereocenters. The molecule has 19 heavy (non-hydrogen) atoms.